The van der Waals surface area contributed by atoms with Crippen LogP contribution in [0.1, 0.15) is 79.1 Å². The minimum Gasteiger partial charge on any atom is -0.481 e. The molecule has 1 aromatic carbocycles. The molecule has 0 saturated carbocycles. The van der Waals surface area contributed by atoms with Crippen LogP contribution >= 0.6 is 0 Å². The summed E-state index contributed by atoms with van der Waals surface area (Å²) in [6, 6.07) is 10.4. The first-order chi connectivity index (χ1) is 20.6. The number of nitrogens with zero attached hydrogens (tertiary/aromatic N) is 6. The number of fused-ring (bicyclic) bond motifs is 4. The van der Waals surface area contributed by atoms with Crippen LogP contribution in [0.25, 0.3) is 5.65 Å². The molecular weight excluding hydrogens is 590 g/mol. The van der Waals surface area contributed by atoms with Crippen LogP contribution in [0.3, 0.4) is 0 Å². The minimum atomic E-state index is -3.88. The maximum atomic E-state index is 14.0. The fourth-order valence-corrected chi connectivity index (χ4v) is 7.99. The summed E-state index contributed by atoms with van der Waals surface area (Å²) in [7, 11) is -3.88. The van der Waals surface area contributed by atoms with Crippen LogP contribution in [0.4, 0.5) is 14.6 Å². The zero-order valence-electron chi connectivity index (χ0n) is 23.8. The fourth-order valence-electron chi connectivity index (χ4n) is 6.38. The molecule has 1 unspecified atom stereocenters. The van der Waals surface area contributed by atoms with Crippen molar-refractivity contribution in [1.82, 2.24) is 23.9 Å². The first kappa shape index (κ1) is 31.5. The van der Waals surface area contributed by atoms with Gasteiger partial charge in [-0.3, -0.25) is 9.20 Å². The normalized spacial score (nSPS) is 18.8. The molecule has 10 nitrogen and oxygen atoms in total. The van der Waals surface area contributed by atoms with Crippen molar-refractivity contribution in [2.24, 2.45) is 0 Å². The first-order valence-electron chi connectivity index (χ1n) is 14.2. The number of pyridine rings is 2. The van der Waals surface area contributed by atoms with Crippen LogP contribution in [-0.4, -0.2) is 62.5 Å². The van der Waals surface area contributed by atoms with Gasteiger partial charge in [0.1, 0.15) is 10.7 Å². The second kappa shape index (κ2) is 12.2. The van der Waals surface area contributed by atoms with E-state index in [9.17, 15) is 27.1 Å². The second-order valence-corrected chi connectivity index (χ2v) is 13.2. The summed E-state index contributed by atoms with van der Waals surface area (Å²) in [4.78, 5) is 18.8. The maximum absolute atomic E-state index is 14.0. The third-order valence-corrected chi connectivity index (χ3v) is 10.5. The van der Waals surface area contributed by atoms with E-state index in [1.807, 2.05) is 25.1 Å². The number of carboxylic acid groups (broad SMARTS) is 1. The maximum Gasteiger partial charge on any atom is 0.304 e. The van der Waals surface area contributed by atoms with E-state index in [2.05, 4.69) is 20.1 Å². The number of aryl methyl sites for hydroxylation is 2. The number of aliphatic carboxylic acids is 1. The summed E-state index contributed by atoms with van der Waals surface area (Å²) in [5, 5.41) is 17.4. The van der Waals surface area contributed by atoms with Gasteiger partial charge in [-0.2, -0.15) is 4.31 Å². The van der Waals surface area contributed by atoms with Crippen LogP contribution < -0.4 is 4.90 Å². The van der Waals surface area contributed by atoms with Crippen molar-refractivity contribution in [2.75, 3.05) is 18.0 Å². The number of anilines is 1. The molecule has 0 radical (unpaired) electrons. The highest BCUT2D eigenvalue weighted by atomic mass is 32.2. The van der Waals surface area contributed by atoms with Crippen LogP contribution in [-0.2, 0) is 21.4 Å². The predicted molar refractivity (Wildman–Crippen MR) is 162 cm³/mol. The van der Waals surface area contributed by atoms with E-state index >= 15 is 0 Å². The average molecular weight is 627 g/mol. The van der Waals surface area contributed by atoms with Crippen LogP contribution in [0.2, 0.25) is 0 Å². The second-order valence-electron chi connectivity index (χ2n) is 11.3. The molecule has 1 N–H and O–H groups in total. The molecule has 4 aromatic rings. The lowest BCUT2D eigenvalue weighted by molar-refractivity contribution is -0.137. The third kappa shape index (κ3) is 5.54. The molecular formula is C31H36F2N6O4S. The van der Waals surface area contributed by atoms with E-state index in [1.165, 1.54) is 14.9 Å². The summed E-state index contributed by atoms with van der Waals surface area (Å²) in [5.74, 6) is -1.65. The Balaban J connectivity index is 0.00000384. The molecule has 44 heavy (non-hydrogen) atoms. The number of halogens is 2. The smallest absolute Gasteiger partial charge is 0.304 e. The Kier molecular flexibility index (Phi) is 8.72. The van der Waals surface area contributed by atoms with Gasteiger partial charge < -0.3 is 10.0 Å². The monoisotopic (exact) mass is 626 g/mol. The molecule has 2 atom stereocenters. The number of carbonyl (C=O) groups is 1. The largest absolute Gasteiger partial charge is 0.481 e. The van der Waals surface area contributed by atoms with E-state index in [1.54, 1.807) is 31.3 Å². The van der Waals surface area contributed by atoms with Gasteiger partial charge in [-0.05, 0) is 79.1 Å². The third-order valence-electron chi connectivity index (χ3n) is 8.65. The van der Waals surface area contributed by atoms with Gasteiger partial charge in [-0.15, -0.1) is 10.2 Å². The van der Waals surface area contributed by atoms with Gasteiger partial charge in [0.15, 0.2) is 5.65 Å². The van der Waals surface area contributed by atoms with Crippen molar-refractivity contribution < 1.29 is 27.1 Å². The lowest BCUT2D eigenvalue weighted by Gasteiger charge is -2.36. The highest BCUT2D eigenvalue weighted by Gasteiger charge is 2.39. The minimum absolute atomic E-state index is 0. The number of rotatable bonds is 7. The molecule has 0 aliphatic carbocycles. The van der Waals surface area contributed by atoms with Gasteiger partial charge in [0.25, 0.3) is 6.43 Å². The number of carboxylic acids is 1. The number of sulfonamides is 1. The standard InChI is InChI=1S/C30H32F2N6O4S.CH4/c1-18-8-9-20(24(15-26(39)40)23-10-13-38-28(19(23)2)34-35-30(38)27(31)32)14-21(18)16-36-17-22-6-3-4-12-37(22)29-25(43(36,41)42)7-5-11-33-29;/h5,7-11,13-14,22,24,27H,3-4,6,12,15-17H2,1-2H3,(H,39,40);1H4/t22-,24?;/m0./s1. The molecule has 2 aliphatic rings. The van der Waals surface area contributed by atoms with Crippen molar-refractivity contribution in [2.45, 2.75) is 76.8 Å². The highest BCUT2D eigenvalue weighted by Crippen LogP contribution is 2.37. The van der Waals surface area contributed by atoms with E-state index in [4.69, 9.17) is 0 Å². The van der Waals surface area contributed by atoms with Crippen molar-refractivity contribution in [3.63, 3.8) is 0 Å². The molecule has 13 heteroatoms. The van der Waals surface area contributed by atoms with Crippen molar-refractivity contribution >= 4 is 27.5 Å². The SMILES string of the molecule is C.Cc1ccc(C(CC(=O)O)c2ccn3c(C(F)F)nnc3c2C)cc1CN1C[C@@H]2CCCCN2c2ncccc2S1(=O)=O. The molecule has 1 saturated heterocycles. The van der Waals surface area contributed by atoms with Gasteiger partial charge in [0, 0.05) is 44.0 Å². The van der Waals surface area contributed by atoms with Crippen LogP contribution in [0.15, 0.2) is 53.7 Å². The number of aromatic nitrogens is 4. The van der Waals surface area contributed by atoms with Gasteiger partial charge in [-0.1, -0.05) is 25.6 Å². The van der Waals surface area contributed by atoms with E-state index in [0.29, 0.717) is 29.1 Å². The Morgan fingerprint density at radius 3 is 2.68 bits per heavy atom. The Bertz CT molecular complexity index is 1810. The number of alkyl halides is 2. The Morgan fingerprint density at radius 2 is 1.93 bits per heavy atom. The molecule has 0 amide bonds. The molecule has 0 spiro atoms. The Hall–Kier alpha value is -3.97. The summed E-state index contributed by atoms with van der Waals surface area (Å²) in [6.07, 6.45) is 2.84. The Labute approximate surface area is 255 Å². The molecule has 5 heterocycles. The molecule has 3 aromatic heterocycles. The summed E-state index contributed by atoms with van der Waals surface area (Å²) in [5.41, 5.74) is 3.71. The number of benzene rings is 1. The van der Waals surface area contributed by atoms with E-state index in [0.717, 1.165) is 36.9 Å². The topological polar surface area (TPSA) is 121 Å². The van der Waals surface area contributed by atoms with E-state index in [-0.39, 0.29) is 37.0 Å². The van der Waals surface area contributed by atoms with Gasteiger partial charge in [0.2, 0.25) is 15.8 Å². The molecule has 6 rings (SSSR count). The Morgan fingerprint density at radius 1 is 1.14 bits per heavy atom. The first-order valence-corrected chi connectivity index (χ1v) is 15.7. The lowest BCUT2D eigenvalue weighted by atomic mass is 9.85. The van der Waals surface area contributed by atoms with Crippen molar-refractivity contribution in [3.8, 4) is 0 Å². The lowest BCUT2D eigenvalue weighted by Crippen LogP contribution is -2.45. The number of hydrogen-bond donors (Lipinski definition) is 1. The highest BCUT2D eigenvalue weighted by molar-refractivity contribution is 7.89. The van der Waals surface area contributed by atoms with E-state index < -0.39 is 34.2 Å². The molecule has 234 valence electrons. The molecule has 1 fully saturated rings. The zero-order valence-corrected chi connectivity index (χ0v) is 24.6. The average Bonchev–Trinajstić information content (AvgIpc) is 3.39. The van der Waals surface area contributed by atoms with Crippen molar-refractivity contribution in [1.29, 1.82) is 0 Å². The van der Waals surface area contributed by atoms with Gasteiger partial charge >= 0.3 is 5.97 Å². The zero-order chi connectivity index (χ0) is 30.5. The number of piperidine rings is 1. The van der Waals surface area contributed by atoms with Gasteiger partial charge in [0.05, 0.1) is 6.42 Å². The summed E-state index contributed by atoms with van der Waals surface area (Å²) in [6.45, 7) is 4.79. The molecule has 2 aliphatic heterocycles. The quantitative estimate of drug-likeness (QED) is 0.286. The summed E-state index contributed by atoms with van der Waals surface area (Å²) < 4.78 is 57.6. The van der Waals surface area contributed by atoms with Crippen LogP contribution in [0.5, 0.6) is 0 Å². The predicted octanol–water partition coefficient (Wildman–Crippen LogP) is 5.48. The number of hydrogen-bond acceptors (Lipinski definition) is 7. The van der Waals surface area contributed by atoms with Crippen LogP contribution in [0, 0.1) is 13.8 Å². The molecule has 0 bridgehead atoms. The van der Waals surface area contributed by atoms with Gasteiger partial charge in [-0.25, -0.2) is 22.2 Å². The summed E-state index contributed by atoms with van der Waals surface area (Å²) >= 11 is 0. The van der Waals surface area contributed by atoms with Crippen molar-refractivity contribution in [3.05, 3.63) is 82.4 Å². The fraction of sp³-hybridized carbons (Fsp3) is 0.419.